The molecule has 0 bridgehead atoms. The highest BCUT2D eigenvalue weighted by Crippen LogP contribution is 2.38. The minimum atomic E-state index is -0.210. The number of amides is 1. The number of nitrogens with one attached hydrogen (secondary N) is 1. The van der Waals surface area contributed by atoms with Crippen LogP contribution in [0.2, 0.25) is 0 Å². The average Bonchev–Trinajstić information content (AvgIpc) is 3.31. The molecule has 2 aromatic rings. The molecule has 2 heterocycles. The third-order valence-electron chi connectivity index (χ3n) is 3.09. The van der Waals surface area contributed by atoms with Gasteiger partial charge >= 0.3 is 0 Å². The largest absolute Gasteiger partial charge is 0.347 e. The zero-order valence-electron chi connectivity index (χ0n) is 10.4. The lowest BCUT2D eigenvalue weighted by Crippen LogP contribution is -2.24. The average molecular weight is 254 g/mol. The van der Waals surface area contributed by atoms with E-state index >= 15 is 0 Å². The highest BCUT2D eigenvalue weighted by Gasteiger charge is 2.25. The fourth-order valence-electron chi connectivity index (χ4n) is 1.84. The molecule has 2 aromatic heterocycles. The van der Waals surface area contributed by atoms with E-state index in [0.29, 0.717) is 18.2 Å². The van der Waals surface area contributed by atoms with Crippen molar-refractivity contribution >= 4 is 5.91 Å². The number of aromatic nitrogens is 3. The van der Waals surface area contributed by atoms with Gasteiger partial charge in [-0.3, -0.25) is 9.78 Å². The number of nitrogens with zero attached hydrogens (tertiary/aromatic N) is 3. The van der Waals surface area contributed by atoms with Gasteiger partial charge in [0.15, 0.2) is 5.69 Å². The molecule has 0 saturated heterocycles. The molecule has 0 aliphatic heterocycles. The Labute approximate surface area is 111 Å². The molecular formula is C14H14N4O. The molecule has 5 nitrogen and oxygen atoms in total. The van der Waals surface area contributed by atoms with Gasteiger partial charge in [0.2, 0.25) is 0 Å². The summed E-state index contributed by atoms with van der Waals surface area (Å²) in [5.74, 6) is 0.346. The first-order valence-corrected chi connectivity index (χ1v) is 6.33. The van der Waals surface area contributed by atoms with Crippen LogP contribution in [0.4, 0.5) is 0 Å². The van der Waals surface area contributed by atoms with Gasteiger partial charge in [-0.15, -0.1) is 5.10 Å². The summed E-state index contributed by atoms with van der Waals surface area (Å²) in [6.07, 6.45) is 5.79. The van der Waals surface area contributed by atoms with Crippen LogP contribution in [-0.4, -0.2) is 21.1 Å². The number of rotatable bonds is 4. The molecule has 1 amide bonds. The standard InChI is InChI=1S/C14H14N4O/c19-14(16-9-10-2-1-7-15-8-10)13-6-5-12(17-18-13)11-3-4-11/h1-2,5-8,11H,3-4,9H2,(H,16,19). The molecule has 0 aromatic carbocycles. The predicted octanol–water partition coefficient (Wildman–Crippen LogP) is 1.68. The van der Waals surface area contributed by atoms with Crippen molar-refractivity contribution in [3.05, 3.63) is 53.6 Å². The van der Waals surface area contributed by atoms with Crippen LogP contribution < -0.4 is 5.32 Å². The van der Waals surface area contributed by atoms with Crippen LogP contribution in [-0.2, 0) is 6.54 Å². The molecule has 1 N–H and O–H groups in total. The van der Waals surface area contributed by atoms with Crippen LogP contribution in [0.25, 0.3) is 0 Å². The molecule has 0 radical (unpaired) electrons. The van der Waals surface area contributed by atoms with E-state index in [1.54, 1.807) is 18.5 Å². The molecule has 1 aliphatic carbocycles. The maximum atomic E-state index is 11.9. The highest BCUT2D eigenvalue weighted by molar-refractivity contribution is 5.91. The lowest BCUT2D eigenvalue weighted by Gasteiger charge is -2.04. The van der Waals surface area contributed by atoms with Gasteiger partial charge in [-0.2, -0.15) is 5.10 Å². The van der Waals surface area contributed by atoms with Gasteiger partial charge < -0.3 is 5.32 Å². The van der Waals surface area contributed by atoms with Crippen molar-refractivity contribution in [1.82, 2.24) is 20.5 Å². The molecule has 1 saturated carbocycles. The summed E-state index contributed by atoms with van der Waals surface area (Å²) in [6.45, 7) is 0.443. The molecule has 19 heavy (non-hydrogen) atoms. The van der Waals surface area contributed by atoms with Crippen LogP contribution in [0.1, 0.15) is 40.5 Å². The van der Waals surface area contributed by atoms with Gasteiger partial charge in [0.25, 0.3) is 5.91 Å². The van der Waals surface area contributed by atoms with Gasteiger partial charge in [-0.25, -0.2) is 0 Å². The predicted molar refractivity (Wildman–Crippen MR) is 69.4 cm³/mol. The second-order valence-corrected chi connectivity index (χ2v) is 4.66. The maximum Gasteiger partial charge on any atom is 0.272 e. The Hall–Kier alpha value is -2.30. The van der Waals surface area contributed by atoms with Crippen LogP contribution in [0.5, 0.6) is 0 Å². The van der Waals surface area contributed by atoms with Crippen molar-refractivity contribution in [3.8, 4) is 0 Å². The fraction of sp³-hybridized carbons (Fsp3) is 0.286. The van der Waals surface area contributed by atoms with Crippen molar-refractivity contribution in [2.75, 3.05) is 0 Å². The van der Waals surface area contributed by atoms with E-state index in [2.05, 4.69) is 20.5 Å². The molecule has 0 atom stereocenters. The summed E-state index contributed by atoms with van der Waals surface area (Å²) in [5.41, 5.74) is 2.30. The van der Waals surface area contributed by atoms with E-state index in [0.717, 1.165) is 11.3 Å². The fourth-order valence-corrected chi connectivity index (χ4v) is 1.84. The number of carbonyl (C=O) groups is 1. The quantitative estimate of drug-likeness (QED) is 0.901. The Balaban J connectivity index is 1.60. The summed E-state index contributed by atoms with van der Waals surface area (Å²) in [7, 11) is 0. The molecule has 1 fully saturated rings. The van der Waals surface area contributed by atoms with Crippen LogP contribution in [0.3, 0.4) is 0 Å². The van der Waals surface area contributed by atoms with E-state index in [1.165, 1.54) is 12.8 Å². The van der Waals surface area contributed by atoms with E-state index in [1.807, 2.05) is 18.2 Å². The Morgan fingerprint density at radius 3 is 2.79 bits per heavy atom. The van der Waals surface area contributed by atoms with Crippen molar-refractivity contribution in [2.24, 2.45) is 0 Å². The lowest BCUT2D eigenvalue weighted by atomic mass is 10.2. The summed E-state index contributed by atoms with van der Waals surface area (Å²) in [6, 6.07) is 7.38. The lowest BCUT2D eigenvalue weighted by molar-refractivity contribution is 0.0945. The minimum Gasteiger partial charge on any atom is -0.347 e. The number of hydrogen-bond acceptors (Lipinski definition) is 4. The summed E-state index contributed by atoms with van der Waals surface area (Å²) >= 11 is 0. The SMILES string of the molecule is O=C(NCc1cccnc1)c1ccc(C2CC2)nn1. The zero-order valence-corrected chi connectivity index (χ0v) is 10.4. The van der Waals surface area contributed by atoms with Gasteiger partial charge in [0, 0.05) is 24.9 Å². The van der Waals surface area contributed by atoms with Crippen LogP contribution in [0, 0.1) is 0 Å². The number of pyridine rings is 1. The second kappa shape index (κ2) is 5.14. The first-order valence-electron chi connectivity index (χ1n) is 6.33. The summed E-state index contributed by atoms with van der Waals surface area (Å²) in [4.78, 5) is 15.9. The Kier molecular flexibility index (Phi) is 3.18. The van der Waals surface area contributed by atoms with Gasteiger partial charge in [0.1, 0.15) is 0 Å². The van der Waals surface area contributed by atoms with E-state index in [4.69, 9.17) is 0 Å². The van der Waals surface area contributed by atoms with Crippen LogP contribution in [0.15, 0.2) is 36.7 Å². The Bertz CT molecular complexity index is 564. The Morgan fingerprint density at radius 2 is 2.16 bits per heavy atom. The first-order chi connectivity index (χ1) is 9.33. The van der Waals surface area contributed by atoms with Gasteiger partial charge in [0.05, 0.1) is 5.69 Å². The molecule has 1 aliphatic rings. The van der Waals surface area contributed by atoms with Gasteiger partial charge in [-0.1, -0.05) is 6.07 Å². The molecule has 3 rings (SSSR count). The molecular weight excluding hydrogens is 240 g/mol. The molecule has 96 valence electrons. The Morgan fingerprint density at radius 1 is 1.26 bits per heavy atom. The second-order valence-electron chi connectivity index (χ2n) is 4.66. The number of hydrogen-bond donors (Lipinski definition) is 1. The summed E-state index contributed by atoms with van der Waals surface area (Å²) < 4.78 is 0. The van der Waals surface area contributed by atoms with Crippen molar-refractivity contribution < 1.29 is 4.79 Å². The monoisotopic (exact) mass is 254 g/mol. The maximum absolute atomic E-state index is 11.9. The third-order valence-corrected chi connectivity index (χ3v) is 3.09. The molecule has 0 spiro atoms. The molecule has 5 heteroatoms. The van der Waals surface area contributed by atoms with Crippen molar-refractivity contribution in [2.45, 2.75) is 25.3 Å². The minimum absolute atomic E-state index is 0.210. The summed E-state index contributed by atoms with van der Waals surface area (Å²) in [5, 5.41) is 10.9. The zero-order chi connectivity index (χ0) is 13.1. The van der Waals surface area contributed by atoms with Crippen molar-refractivity contribution in [3.63, 3.8) is 0 Å². The smallest absolute Gasteiger partial charge is 0.272 e. The number of carbonyl (C=O) groups excluding carboxylic acids is 1. The van der Waals surface area contributed by atoms with Gasteiger partial charge in [-0.05, 0) is 36.6 Å². The van der Waals surface area contributed by atoms with E-state index in [9.17, 15) is 4.79 Å². The normalized spacial score (nSPS) is 14.1. The first kappa shape index (κ1) is 11.8. The topological polar surface area (TPSA) is 67.8 Å². The van der Waals surface area contributed by atoms with E-state index in [-0.39, 0.29) is 5.91 Å². The third kappa shape index (κ3) is 2.93. The molecule has 0 unspecified atom stereocenters. The highest BCUT2D eigenvalue weighted by atomic mass is 16.1. The van der Waals surface area contributed by atoms with Crippen molar-refractivity contribution in [1.29, 1.82) is 0 Å². The van der Waals surface area contributed by atoms with E-state index < -0.39 is 0 Å². The van der Waals surface area contributed by atoms with Crippen LogP contribution >= 0.6 is 0 Å².